The number of nitrogens with zero attached hydrogens (tertiary/aromatic N) is 4. The van der Waals surface area contributed by atoms with Gasteiger partial charge in [-0.05, 0) is 17.5 Å². The first-order valence-corrected chi connectivity index (χ1v) is 10.4. The van der Waals surface area contributed by atoms with Crippen molar-refractivity contribution in [3.8, 4) is 5.75 Å². The van der Waals surface area contributed by atoms with Crippen LogP contribution < -0.4 is 5.32 Å². The molecule has 2 N–H and O–H groups in total. The van der Waals surface area contributed by atoms with E-state index in [1.165, 1.54) is 25.6 Å². The van der Waals surface area contributed by atoms with Crippen molar-refractivity contribution in [2.75, 3.05) is 33.4 Å². The average molecular weight is 439 g/mol. The summed E-state index contributed by atoms with van der Waals surface area (Å²) in [6, 6.07) is 3.19. The van der Waals surface area contributed by atoms with Gasteiger partial charge in [-0.1, -0.05) is 13.0 Å². The number of amides is 1. The minimum absolute atomic E-state index is 0.00930. The number of methoxy groups -OCH3 is 1. The monoisotopic (exact) mass is 439 g/mol. The molecular weight excluding hydrogens is 414 g/mol. The number of ether oxygens (including phenoxy) is 2. The van der Waals surface area contributed by atoms with Crippen LogP contribution in [0.3, 0.4) is 0 Å². The average Bonchev–Trinajstić information content (AvgIpc) is 2.82. The number of aromatic hydroxyl groups is 1. The van der Waals surface area contributed by atoms with Crippen molar-refractivity contribution >= 4 is 23.4 Å². The fourth-order valence-electron chi connectivity index (χ4n) is 3.85. The smallest absolute Gasteiger partial charge is 0.356 e. The molecule has 1 amide bonds. The molecule has 10 nitrogen and oxygen atoms in total. The number of carbonyl (C=O) groups is 2. The van der Waals surface area contributed by atoms with Gasteiger partial charge in [-0.3, -0.25) is 4.79 Å². The molecule has 0 spiro atoms. The largest absolute Gasteiger partial charge is 0.505 e. The molecule has 2 aliphatic rings. The molecule has 2 aliphatic heterocycles. The van der Waals surface area contributed by atoms with E-state index in [4.69, 9.17) is 9.73 Å². The number of nitrogens with one attached hydrogen (secondary N) is 1. The second kappa shape index (κ2) is 9.31. The van der Waals surface area contributed by atoms with E-state index in [9.17, 15) is 14.7 Å². The molecule has 1 atom stereocenters. The van der Waals surface area contributed by atoms with Crippen LogP contribution in [0.15, 0.2) is 29.5 Å². The van der Waals surface area contributed by atoms with E-state index in [2.05, 4.69) is 24.9 Å². The Hall–Kier alpha value is -3.53. The fourth-order valence-corrected chi connectivity index (χ4v) is 3.85. The van der Waals surface area contributed by atoms with Gasteiger partial charge in [0.15, 0.2) is 11.4 Å². The quantitative estimate of drug-likeness (QED) is 0.691. The minimum atomic E-state index is -0.530. The first-order chi connectivity index (χ1) is 15.5. The summed E-state index contributed by atoms with van der Waals surface area (Å²) < 4.78 is 10.0. The first kappa shape index (κ1) is 21.7. The summed E-state index contributed by atoms with van der Waals surface area (Å²) in [6.45, 7) is 5.09. The van der Waals surface area contributed by atoms with E-state index >= 15 is 0 Å². The van der Waals surface area contributed by atoms with Gasteiger partial charge in [-0.2, -0.15) is 0 Å². The topological polar surface area (TPSA) is 126 Å². The minimum Gasteiger partial charge on any atom is -0.505 e. The van der Waals surface area contributed by atoms with Crippen LogP contribution in [0.1, 0.15) is 51.4 Å². The molecule has 0 aromatic carbocycles. The van der Waals surface area contributed by atoms with Crippen LogP contribution in [0.5, 0.6) is 5.75 Å². The molecule has 0 bridgehead atoms. The summed E-state index contributed by atoms with van der Waals surface area (Å²) >= 11 is 0. The summed E-state index contributed by atoms with van der Waals surface area (Å²) in [5.74, 6) is -0.231. The highest BCUT2D eigenvalue weighted by Gasteiger charge is 2.29. The van der Waals surface area contributed by atoms with Crippen molar-refractivity contribution in [3.05, 3.63) is 47.0 Å². The highest BCUT2D eigenvalue weighted by Crippen LogP contribution is 2.41. The normalized spacial score (nSPS) is 17.9. The van der Waals surface area contributed by atoms with Gasteiger partial charge in [-0.15, -0.1) is 0 Å². The predicted octanol–water partition coefficient (Wildman–Crippen LogP) is 1.77. The predicted molar refractivity (Wildman–Crippen MR) is 115 cm³/mol. The maximum absolute atomic E-state index is 12.7. The van der Waals surface area contributed by atoms with Crippen LogP contribution in [0.25, 0.3) is 0 Å². The molecule has 0 saturated carbocycles. The zero-order valence-electron chi connectivity index (χ0n) is 18.0. The van der Waals surface area contributed by atoms with E-state index in [0.29, 0.717) is 36.4 Å². The zero-order valence-corrected chi connectivity index (χ0v) is 18.0. The number of carbonyl (C=O) groups excluding carboxylic acids is 2. The van der Waals surface area contributed by atoms with Gasteiger partial charge in [0.2, 0.25) is 0 Å². The second-order valence-electron chi connectivity index (χ2n) is 7.71. The number of aromatic nitrogens is 2. The maximum Gasteiger partial charge on any atom is 0.356 e. The molecule has 2 aromatic rings. The van der Waals surface area contributed by atoms with Crippen LogP contribution >= 0.6 is 0 Å². The molecule has 2 aromatic heterocycles. The lowest BCUT2D eigenvalue weighted by Crippen LogP contribution is -2.41. The second-order valence-corrected chi connectivity index (χ2v) is 7.71. The third-order valence-electron chi connectivity index (χ3n) is 5.57. The first-order valence-electron chi connectivity index (χ1n) is 10.4. The van der Waals surface area contributed by atoms with Gasteiger partial charge < -0.3 is 24.8 Å². The molecule has 1 fully saturated rings. The van der Waals surface area contributed by atoms with Gasteiger partial charge in [0, 0.05) is 37.8 Å². The van der Waals surface area contributed by atoms with E-state index in [1.54, 1.807) is 6.07 Å². The molecule has 10 heteroatoms. The standard InChI is InChI=1S/C22H25N5O5/c1-13-9-17(27-5-7-32-8-6-27)26-16-12-24-19(20(28)18(13)16)21(29)25-11-14-3-4-15(23-10-14)22(30)31-2/h3-4,10,12-13,28H,5-9,11H2,1-2H3,(H,25,29). The molecule has 0 aliphatic carbocycles. The Balaban J connectivity index is 1.48. The van der Waals surface area contributed by atoms with E-state index in [-0.39, 0.29) is 29.6 Å². The van der Waals surface area contributed by atoms with Crippen molar-refractivity contribution in [1.29, 1.82) is 0 Å². The van der Waals surface area contributed by atoms with Crippen LogP contribution in [0.2, 0.25) is 0 Å². The number of hydrogen-bond acceptors (Lipinski definition) is 9. The van der Waals surface area contributed by atoms with E-state index in [1.807, 2.05) is 6.92 Å². The number of morpholine rings is 1. The highest BCUT2D eigenvalue weighted by atomic mass is 16.5. The maximum atomic E-state index is 12.7. The molecule has 1 saturated heterocycles. The lowest BCUT2D eigenvalue weighted by atomic mass is 9.92. The third kappa shape index (κ3) is 4.40. The van der Waals surface area contributed by atoms with Crippen LogP contribution in [0.4, 0.5) is 5.69 Å². The number of pyridine rings is 2. The number of amidine groups is 1. The van der Waals surface area contributed by atoms with Crippen molar-refractivity contribution in [2.24, 2.45) is 4.99 Å². The van der Waals surface area contributed by atoms with Crippen molar-refractivity contribution < 1.29 is 24.2 Å². The van der Waals surface area contributed by atoms with E-state index < -0.39 is 11.9 Å². The summed E-state index contributed by atoms with van der Waals surface area (Å²) in [7, 11) is 1.28. The van der Waals surface area contributed by atoms with Crippen LogP contribution in [-0.2, 0) is 16.0 Å². The Labute approximate surface area is 185 Å². The number of rotatable bonds is 4. The number of fused-ring (bicyclic) bond motifs is 1. The van der Waals surface area contributed by atoms with Gasteiger partial charge in [-0.25, -0.2) is 19.8 Å². The number of aliphatic imine (C=N–C) groups is 1. The summed E-state index contributed by atoms with van der Waals surface area (Å²) in [6.07, 6.45) is 3.69. The summed E-state index contributed by atoms with van der Waals surface area (Å²) in [5.41, 5.74) is 2.05. The van der Waals surface area contributed by atoms with Crippen molar-refractivity contribution in [1.82, 2.24) is 20.2 Å². The SMILES string of the molecule is COC(=O)c1ccc(CNC(=O)c2ncc3c(c2O)C(C)CC(N2CCOCC2)=N3)cn1. The Morgan fingerprint density at radius 1 is 1.25 bits per heavy atom. The summed E-state index contributed by atoms with van der Waals surface area (Å²) in [5, 5.41) is 13.5. The van der Waals surface area contributed by atoms with Crippen LogP contribution in [-0.4, -0.2) is 71.1 Å². The zero-order chi connectivity index (χ0) is 22.7. The van der Waals surface area contributed by atoms with Crippen molar-refractivity contribution in [3.63, 3.8) is 0 Å². The third-order valence-corrected chi connectivity index (χ3v) is 5.57. The molecule has 0 radical (unpaired) electrons. The Bertz CT molecular complexity index is 1050. The molecule has 32 heavy (non-hydrogen) atoms. The molecule has 168 valence electrons. The van der Waals surface area contributed by atoms with E-state index in [0.717, 1.165) is 18.9 Å². The Morgan fingerprint density at radius 3 is 2.72 bits per heavy atom. The Morgan fingerprint density at radius 2 is 2.03 bits per heavy atom. The molecule has 1 unspecified atom stereocenters. The lowest BCUT2D eigenvalue weighted by molar-refractivity contribution is 0.0593. The molecule has 4 rings (SSSR count). The molecule has 4 heterocycles. The lowest BCUT2D eigenvalue weighted by Gasteiger charge is -2.33. The van der Waals surface area contributed by atoms with Gasteiger partial charge in [0.05, 0.1) is 32.2 Å². The van der Waals surface area contributed by atoms with Gasteiger partial charge in [0.25, 0.3) is 5.91 Å². The highest BCUT2D eigenvalue weighted by molar-refractivity contribution is 5.97. The number of esters is 1. The van der Waals surface area contributed by atoms with Gasteiger partial charge >= 0.3 is 5.97 Å². The fraction of sp³-hybridized carbons (Fsp3) is 0.409. The molecular formula is C22H25N5O5. The van der Waals surface area contributed by atoms with Gasteiger partial charge in [0.1, 0.15) is 11.5 Å². The summed E-state index contributed by atoms with van der Waals surface area (Å²) in [4.78, 5) is 39.2. The van der Waals surface area contributed by atoms with Crippen molar-refractivity contribution in [2.45, 2.75) is 25.8 Å². The Kier molecular flexibility index (Phi) is 6.31. The number of hydrogen-bond donors (Lipinski definition) is 2. The van der Waals surface area contributed by atoms with Crippen LogP contribution in [0, 0.1) is 0 Å².